The topological polar surface area (TPSA) is 92.5 Å². The Hall–Kier alpha value is -1.76. The fourth-order valence-electron chi connectivity index (χ4n) is 2.03. The zero-order valence-corrected chi connectivity index (χ0v) is 11.5. The van der Waals surface area contributed by atoms with Gasteiger partial charge in [-0.25, -0.2) is 8.42 Å². The molecule has 1 aromatic carbocycles. The van der Waals surface area contributed by atoms with Crippen molar-refractivity contribution >= 4 is 27.1 Å². The van der Waals surface area contributed by atoms with Crippen molar-refractivity contribution in [3.8, 4) is 0 Å². The minimum atomic E-state index is -3.31. The molecule has 7 heteroatoms. The first-order valence-corrected chi connectivity index (χ1v) is 7.73. The molecule has 19 heavy (non-hydrogen) atoms. The summed E-state index contributed by atoms with van der Waals surface area (Å²) in [6.45, 7) is 3.11. The van der Waals surface area contributed by atoms with Crippen molar-refractivity contribution in [3.05, 3.63) is 18.2 Å². The zero-order valence-electron chi connectivity index (χ0n) is 10.7. The van der Waals surface area contributed by atoms with Crippen molar-refractivity contribution in [2.24, 2.45) is 0 Å². The largest absolute Gasteiger partial charge is 0.398 e. The van der Waals surface area contributed by atoms with E-state index in [-0.39, 0.29) is 28.8 Å². The number of nitrogens with two attached hydrogens (primary N) is 1. The number of nitrogens with zero attached hydrogens (tertiary/aromatic N) is 1. The van der Waals surface area contributed by atoms with Crippen molar-refractivity contribution in [2.75, 3.05) is 36.0 Å². The minimum Gasteiger partial charge on any atom is -0.398 e. The summed E-state index contributed by atoms with van der Waals surface area (Å²) in [5.74, 6) is -0.0297. The van der Waals surface area contributed by atoms with Gasteiger partial charge in [0, 0.05) is 18.8 Å². The van der Waals surface area contributed by atoms with Crippen LogP contribution < -0.4 is 16.0 Å². The first-order chi connectivity index (χ1) is 8.94. The molecule has 1 aromatic rings. The Labute approximate surface area is 112 Å². The molecule has 1 fully saturated rings. The number of amides is 1. The molecule has 3 N–H and O–H groups in total. The highest BCUT2D eigenvalue weighted by Gasteiger charge is 2.20. The lowest BCUT2D eigenvalue weighted by Crippen LogP contribution is -2.47. The summed E-state index contributed by atoms with van der Waals surface area (Å²) in [5, 5.41) is 2.73. The van der Waals surface area contributed by atoms with Gasteiger partial charge in [-0.3, -0.25) is 4.79 Å². The van der Waals surface area contributed by atoms with Crippen LogP contribution in [-0.4, -0.2) is 39.7 Å². The minimum absolute atomic E-state index is 0.0165. The SMILES string of the molecule is CCS(=O)(=O)c1ccc(N2CCNC(=O)C2)cc1N. The molecule has 0 unspecified atom stereocenters. The Morgan fingerprint density at radius 1 is 1.42 bits per heavy atom. The number of benzene rings is 1. The van der Waals surface area contributed by atoms with Gasteiger partial charge in [-0.1, -0.05) is 6.92 Å². The maximum atomic E-state index is 11.8. The summed E-state index contributed by atoms with van der Waals surface area (Å²) in [5.41, 5.74) is 6.81. The number of anilines is 2. The van der Waals surface area contributed by atoms with Crippen LogP contribution in [0.3, 0.4) is 0 Å². The summed E-state index contributed by atoms with van der Waals surface area (Å²) in [4.78, 5) is 13.3. The van der Waals surface area contributed by atoms with E-state index in [1.165, 1.54) is 6.07 Å². The second kappa shape index (κ2) is 5.08. The predicted octanol–water partition coefficient (Wildman–Crippen LogP) is -0.00140. The van der Waals surface area contributed by atoms with Crippen LogP contribution in [0.5, 0.6) is 0 Å². The summed E-state index contributed by atoms with van der Waals surface area (Å²) in [6.07, 6.45) is 0. The number of hydrogen-bond acceptors (Lipinski definition) is 5. The summed E-state index contributed by atoms with van der Waals surface area (Å²) in [6, 6.07) is 4.81. The maximum absolute atomic E-state index is 11.8. The molecule has 1 heterocycles. The third kappa shape index (κ3) is 2.81. The number of carbonyl (C=O) groups excluding carboxylic acids is 1. The molecule has 0 spiro atoms. The molecule has 1 amide bonds. The molecule has 104 valence electrons. The van der Waals surface area contributed by atoms with Crippen LogP contribution in [0.4, 0.5) is 11.4 Å². The van der Waals surface area contributed by atoms with Crippen molar-refractivity contribution in [2.45, 2.75) is 11.8 Å². The third-order valence-electron chi connectivity index (χ3n) is 3.11. The van der Waals surface area contributed by atoms with E-state index in [0.29, 0.717) is 13.1 Å². The fraction of sp³-hybridized carbons (Fsp3) is 0.417. The molecule has 0 aliphatic carbocycles. The molecule has 0 bridgehead atoms. The number of hydrogen-bond donors (Lipinski definition) is 2. The number of carbonyl (C=O) groups is 1. The normalized spacial score (nSPS) is 16.3. The predicted molar refractivity (Wildman–Crippen MR) is 73.8 cm³/mol. The van der Waals surface area contributed by atoms with Gasteiger partial charge in [0.1, 0.15) is 0 Å². The molecule has 6 nitrogen and oxygen atoms in total. The van der Waals surface area contributed by atoms with E-state index in [0.717, 1.165) is 5.69 Å². The van der Waals surface area contributed by atoms with Gasteiger partial charge in [-0.15, -0.1) is 0 Å². The zero-order chi connectivity index (χ0) is 14.0. The summed E-state index contributed by atoms with van der Waals surface area (Å²) < 4.78 is 23.6. The van der Waals surface area contributed by atoms with Crippen LogP contribution in [0.1, 0.15) is 6.92 Å². The quantitative estimate of drug-likeness (QED) is 0.762. The van der Waals surface area contributed by atoms with Gasteiger partial charge in [0.25, 0.3) is 0 Å². The lowest BCUT2D eigenvalue weighted by atomic mass is 10.2. The Balaban J connectivity index is 2.31. The van der Waals surface area contributed by atoms with E-state index >= 15 is 0 Å². The third-order valence-corrected chi connectivity index (χ3v) is 4.91. The maximum Gasteiger partial charge on any atom is 0.239 e. The molecule has 0 aromatic heterocycles. The van der Waals surface area contributed by atoms with Gasteiger partial charge in [0.2, 0.25) is 5.91 Å². The van der Waals surface area contributed by atoms with Crippen LogP contribution in [0, 0.1) is 0 Å². The Morgan fingerprint density at radius 3 is 2.74 bits per heavy atom. The molecule has 1 saturated heterocycles. The van der Waals surface area contributed by atoms with E-state index in [2.05, 4.69) is 5.32 Å². The van der Waals surface area contributed by atoms with Gasteiger partial charge >= 0.3 is 0 Å². The molecule has 0 atom stereocenters. The highest BCUT2D eigenvalue weighted by atomic mass is 32.2. The molecular formula is C12H17N3O3S. The van der Waals surface area contributed by atoms with E-state index in [9.17, 15) is 13.2 Å². The van der Waals surface area contributed by atoms with Gasteiger partial charge in [-0.05, 0) is 18.2 Å². The highest BCUT2D eigenvalue weighted by Crippen LogP contribution is 2.26. The average molecular weight is 283 g/mol. The monoisotopic (exact) mass is 283 g/mol. The lowest BCUT2D eigenvalue weighted by Gasteiger charge is -2.29. The Morgan fingerprint density at radius 2 is 2.16 bits per heavy atom. The highest BCUT2D eigenvalue weighted by molar-refractivity contribution is 7.91. The fourth-order valence-corrected chi connectivity index (χ4v) is 3.03. The second-order valence-corrected chi connectivity index (χ2v) is 6.64. The van der Waals surface area contributed by atoms with E-state index in [1.807, 2.05) is 4.90 Å². The van der Waals surface area contributed by atoms with Gasteiger partial charge in [-0.2, -0.15) is 0 Å². The standard InChI is InChI=1S/C12H17N3O3S/c1-2-19(17,18)11-4-3-9(7-10(11)13)15-6-5-14-12(16)8-15/h3-4,7H,2,5-6,8,13H2,1H3,(H,14,16). The molecule has 0 saturated carbocycles. The number of sulfone groups is 1. The molecule has 2 rings (SSSR count). The van der Waals surface area contributed by atoms with Crippen molar-refractivity contribution in [3.63, 3.8) is 0 Å². The van der Waals surface area contributed by atoms with Crippen LogP contribution in [0.2, 0.25) is 0 Å². The number of nitrogen functional groups attached to an aromatic ring is 1. The van der Waals surface area contributed by atoms with Gasteiger partial charge < -0.3 is 16.0 Å². The first kappa shape index (κ1) is 13.7. The molecular weight excluding hydrogens is 266 g/mol. The van der Waals surface area contributed by atoms with Gasteiger partial charge in [0.05, 0.1) is 22.9 Å². The van der Waals surface area contributed by atoms with Crippen LogP contribution in [0.25, 0.3) is 0 Å². The van der Waals surface area contributed by atoms with Crippen molar-refractivity contribution in [1.82, 2.24) is 5.32 Å². The number of nitrogens with one attached hydrogen (secondary N) is 1. The van der Waals surface area contributed by atoms with Crippen LogP contribution in [0.15, 0.2) is 23.1 Å². The van der Waals surface area contributed by atoms with Crippen molar-refractivity contribution < 1.29 is 13.2 Å². The smallest absolute Gasteiger partial charge is 0.239 e. The Kier molecular flexibility index (Phi) is 3.66. The molecule has 1 aliphatic heterocycles. The summed E-state index contributed by atoms with van der Waals surface area (Å²) in [7, 11) is -3.31. The summed E-state index contributed by atoms with van der Waals surface area (Å²) >= 11 is 0. The molecule has 1 aliphatic rings. The van der Waals surface area contributed by atoms with Crippen LogP contribution in [-0.2, 0) is 14.6 Å². The second-order valence-electron chi connectivity index (χ2n) is 4.40. The van der Waals surface area contributed by atoms with E-state index in [1.54, 1.807) is 19.1 Å². The number of piperazine rings is 1. The van der Waals surface area contributed by atoms with E-state index < -0.39 is 9.84 Å². The average Bonchev–Trinajstić information content (AvgIpc) is 2.38. The first-order valence-electron chi connectivity index (χ1n) is 6.08. The lowest BCUT2D eigenvalue weighted by molar-refractivity contribution is -0.120. The van der Waals surface area contributed by atoms with Crippen molar-refractivity contribution in [1.29, 1.82) is 0 Å². The number of rotatable bonds is 3. The van der Waals surface area contributed by atoms with E-state index in [4.69, 9.17) is 5.73 Å². The van der Waals surface area contributed by atoms with Crippen LogP contribution >= 0.6 is 0 Å². The molecule has 0 radical (unpaired) electrons. The van der Waals surface area contributed by atoms with Gasteiger partial charge in [0.15, 0.2) is 9.84 Å². The Bertz CT molecular complexity index is 598.